The van der Waals surface area contributed by atoms with Crippen LogP contribution in [0.1, 0.15) is 29.3 Å². The van der Waals surface area contributed by atoms with Crippen LogP contribution in [0.25, 0.3) is 0 Å². The number of anilines is 1. The van der Waals surface area contributed by atoms with Crippen molar-refractivity contribution in [2.75, 3.05) is 11.3 Å². The molecule has 0 spiro atoms. The normalized spacial score (nSPS) is 11.9. The van der Waals surface area contributed by atoms with E-state index in [-0.39, 0.29) is 22.2 Å². The average molecular weight is 485 g/mol. The Bertz CT molecular complexity index is 1210. The van der Waals surface area contributed by atoms with Gasteiger partial charge in [-0.25, -0.2) is 17.6 Å². The van der Waals surface area contributed by atoms with Crippen molar-refractivity contribution in [1.29, 1.82) is 0 Å². The van der Waals surface area contributed by atoms with Gasteiger partial charge in [-0.3, -0.25) is 9.52 Å². The Morgan fingerprint density at radius 3 is 2.24 bits per heavy atom. The van der Waals surface area contributed by atoms with Crippen LogP contribution in [0.15, 0.2) is 83.8 Å². The highest BCUT2D eigenvalue weighted by atomic mass is 32.2. The fraction of sp³-hybridized carbons (Fsp3) is 0.200. The summed E-state index contributed by atoms with van der Waals surface area (Å²) in [6.07, 6.45) is 1.57. The minimum atomic E-state index is -3.90. The lowest BCUT2D eigenvalue weighted by Gasteiger charge is -2.14. The number of carbonyl (C=O) groups excluding carboxylic acids is 2. The van der Waals surface area contributed by atoms with E-state index in [4.69, 9.17) is 4.74 Å². The summed E-state index contributed by atoms with van der Waals surface area (Å²) in [7, 11) is -3.90. The van der Waals surface area contributed by atoms with Crippen molar-refractivity contribution < 1.29 is 27.1 Å². The third kappa shape index (κ3) is 7.41. The zero-order chi connectivity index (χ0) is 24.6. The molecule has 3 rings (SSSR count). The molecule has 0 aliphatic rings. The molecule has 0 heterocycles. The predicted molar refractivity (Wildman–Crippen MR) is 126 cm³/mol. The van der Waals surface area contributed by atoms with Crippen LogP contribution in [-0.2, 0) is 26.0 Å². The van der Waals surface area contributed by atoms with E-state index < -0.39 is 34.3 Å². The number of rotatable bonds is 10. The highest BCUT2D eigenvalue weighted by Crippen LogP contribution is 2.17. The Morgan fingerprint density at radius 2 is 1.59 bits per heavy atom. The standard InChI is InChI=1S/C25H25FN2O5S/c1-18(7-8-19-5-3-2-4-6-19)27-24(29)17-33-25(30)20-9-13-22(14-10-20)28-34(31,32)23-15-11-21(26)12-16-23/h2-6,9-16,18,28H,7-8,17H2,1H3,(H,27,29)/t18-/m1/s1. The molecular formula is C25H25FN2O5S. The highest BCUT2D eigenvalue weighted by Gasteiger charge is 2.16. The maximum Gasteiger partial charge on any atom is 0.338 e. The van der Waals surface area contributed by atoms with Crippen LogP contribution >= 0.6 is 0 Å². The first-order valence-electron chi connectivity index (χ1n) is 10.6. The quantitative estimate of drug-likeness (QED) is 0.425. The van der Waals surface area contributed by atoms with Crippen LogP contribution in [-0.4, -0.2) is 32.9 Å². The van der Waals surface area contributed by atoms with Gasteiger partial charge in [0.2, 0.25) is 0 Å². The third-order valence-corrected chi connectivity index (χ3v) is 6.34. The van der Waals surface area contributed by atoms with E-state index in [1.165, 1.54) is 29.8 Å². The molecule has 0 fully saturated rings. The molecular weight excluding hydrogens is 459 g/mol. The van der Waals surface area contributed by atoms with Crippen LogP contribution in [0.4, 0.5) is 10.1 Å². The van der Waals surface area contributed by atoms with Crippen molar-refractivity contribution in [2.24, 2.45) is 0 Å². The first-order valence-corrected chi connectivity index (χ1v) is 12.1. The van der Waals surface area contributed by atoms with E-state index in [9.17, 15) is 22.4 Å². The summed E-state index contributed by atoms with van der Waals surface area (Å²) in [5, 5.41) is 2.79. The fourth-order valence-corrected chi connectivity index (χ4v) is 4.19. The van der Waals surface area contributed by atoms with Crippen molar-refractivity contribution >= 4 is 27.6 Å². The van der Waals surface area contributed by atoms with Gasteiger partial charge in [0.1, 0.15) is 5.82 Å². The topological polar surface area (TPSA) is 102 Å². The maximum atomic E-state index is 13.0. The van der Waals surface area contributed by atoms with Crippen LogP contribution in [0.3, 0.4) is 0 Å². The summed E-state index contributed by atoms with van der Waals surface area (Å²) in [5.74, 6) is -1.66. The number of hydrogen-bond acceptors (Lipinski definition) is 5. The van der Waals surface area contributed by atoms with E-state index in [0.717, 1.165) is 37.1 Å². The summed E-state index contributed by atoms with van der Waals surface area (Å²) in [6, 6.07) is 19.8. The Kier molecular flexibility index (Phi) is 8.37. The van der Waals surface area contributed by atoms with Crippen LogP contribution in [0.5, 0.6) is 0 Å². The molecule has 1 amide bonds. The monoisotopic (exact) mass is 484 g/mol. The fourth-order valence-electron chi connectivity index (χ4n) is 3.13. The molecule has 3 aromatic carbocycles. The molecule has 0 saturated heterocycles. The second-order valence-electron chi connectivity index (χ2n) is 7.71. The van der Waals surface area contributed by atoms with E-state index >= 15 is 0 Å². The number of carbonyl (C=O) groups is 2. The van der Waals surface area contributed by atoms with Gasteiger partial charge in [0, 0.05) is 11.7 Å². The Labute approximate surface area is 198 Å². The SMILES string of the molecule is C[C@H](CCc1ccccc1)NC(=O)COC(=O)c1ccc(NS(=O)(=O)c2ccc(F)cc2)cc1. The number of benzene rings is 3. The van der Waals surface area contributed by atoms with Crippen LogP contribution < -0.4 is 10.0 Å². The van der Waals surface area contributed by atoms with Gasteiger partial charge in [-0.15, -0.1) is 0 Å². The minimum absolute atomic E-state index is 0.0835. The molecule has 0 radical (unpaired) electrons. The summed E-state index contributed by atoms with van der Waals surface area (Å²) >= 11 is 0. The molecule has 2 N–H and O–H groups in total. The summed E-state index contributed by atoms with van der Waals surface area (Å²) < 4.78 is 45.1. The number of hydrogen-bond donors (Lipinski definition) is 2. The molecule has 1 atom stereocenters. The molecule has 0 unspecified atom stereocenters. The Balaban J connectivity index is 1.46. The van der Waals surface area contributed by atoms with Crippen LogP contribution in [0.2, 0.25) is 0 Å². The van der Waals surface area contributed by atoms with Gasteiger partial charge in [0.25, 0.3) is 15.9 Å². The number of esters is 1. The van der Waals surface area contributed by atoms with Crippen molar-refractivity contribution in [2.45, 2.75) is 30.7 Å². The summed E-state index contributed by atoms with van der Waals surface area (Å²) in [6.45, 7) is 1.46. The van der Waals surface area contributed by atoms with Crippen molar-refractivity contribution in [3.05, 3.63) is 95.8 Å². The van der Waals surface area contributed by atoms with E-state index in [1.54, 1.807) is 0 Å². The number of ether oxygens (including phenoxy) is 1. The van der Waals surface area contributed by atoms with Crippen molar-refractivity contribution in [1.82, 2.24) is 5.32 Å². The molecule has 0 aliphatic carbocycles. The number of aryl methyl sites for hydroxylation is 1. The van der Waals surface area contributed by atoms with Gasteiger partial charge >= 0.3 is 5.97 Å². The largest absolute Gasteiger partial charge is 0.452 e. The lowest BCUT2D eigenvalue weighted by molar-refractivity contribution is -0.124. The first kappa shape index (κ1) is 24.9. The maximum absolute atomic E-state index is 13.0. The number of sulfonamides is 1. The lowest BCUT2D eigenvalue weighted by atomic mass is 10.1. The lowest BCUT2D eigenvalue weighted by Crippen LogP contribution is -2.36. The van der Waals surface area contributed by atoms with Crippen molar-refractivity contribution in [3.63, 3.8) is 0 Å². The highest BCUT2D eigenvalue weighted by molar-refractivity contribution is 7.92. The summed E-state index contributed by atoms with van der Waals surface area (Å²) in [5.41, 5.74) is 1.55. The van der Waals surface area contributed by atoms with E-state index in [0.29, 0.717) is 0 Å². The first-order chi connectivity index (χ1) is 16.2. The Hall–Kier alpha value is -3.72. The summed E-state index contributed by atoms with van der Waals surface area (Å²) in [4.78, 5) is 24.2. The third-order valence-electron chi connectivity index (χ3n) is 4.95. The van der Waals surface area contributed by atoms with Gasteiger partial charge in [-0.2, -0.15) is 0 Å². The van der Waals surface area contributed by atoms with E-state index in [1.807, 2.05) is 37.3 Å². The van der Waals surface area contributed by atoms with Gasteiger partial charge in [-0.05, 0) is 73.9 Å². The predicted octanol–water partition coefficient (Wildman–Crippen LogP) is 3.92. The van der Waals surface area contributed by atoms with Gasteiger partial charge in [0.05, 0.1) is 10.5 Å². The van der Waals surface area contributed by atoms with Gasteiger partial charge < -0.3 is 10.1 Å². The molecule has 178 valence electrons. The number of amides is 1. The van der Waals surface area contributed by atoms with Gasteiger partial charge in [0.15, 0.2) is 6.61 Å². The number of nitrogens with one attached hydrogen (secondary N) is 2. The molecule has 0 saturated carbocycles. The van der Waals surface area contributed by atoms with Crippen molar-refractivity contribution in [3.8, 4) is 0 Å². The average Bonchev–Trinajstić information content (AvgIpc) is 2.82. The number of halogens is 1. The smallest absolute Gasteiger partial charge is 0.338 e. The van der Waals surface area contributed by atoms with Gasteiger partial charge in [-0.1, -0.05) is 30.3 Å². The second kappa shape index (κ2) is 11.4. The second-order valence-corrected chi connectivity index (χ2v) is 9.39. The Morgan fingerprint density at radius 1 is 0.941 bits per heavy atom. The minimum Gasteiger partial charge on any atom is -0.452 e. The zero-order valence-electron chi connectivity index (χ0n) is 18.5. The molecule has 0 aliphatic heterocycles. The molecule has 7 nitrogen and oxygen atoms in total. The molecule has 3 aromatic rings. The molecule has 0 bridgehead atoms. The zero-order valence-corrected chi connectivity index (χ0v) is 19.3. The molecule has 34 heavy (non-hydrogen) atoms. The van der Waals surface area contributed by atoms with Crippen LogP contribution in [0, 0.1) is 5.82 Å². The van der Waals surface area contributed by atoms with E-state index in [2.05, 4.69) is 10.0 Å². The molecule has 0 aromatic heterocycles. The molecule has 9 heteroatoms.